The molecule has 7 heteroatoms. The van der Waals surface area contributed by atoms with Crippen LogP contribution in [0, 0.1) is 17.7 Å². The van der Waals surface area contributed by atoms with Crippen molar-refractivity contribution in [2.75, 3.05) is 13.7 Å². The quantitative estimate of drug-likeness (QED) is 0.475. The van der Waals surface area contributed by atoms with Gasteiger partial charge in [-0.15, -0.1) is 0 Å². The van der Waals surface area contributed by atoms with Crippen LogP contribution < -0.4 is 4.74 Å². The van der Waals surface area contributed by atoms with E-state index in [9.17, 15) is 22.4 Å². The lowest BCUT2D eigenvalue weighted by molar-refractivity contribution is -0.137. The van der Waals surface area contributed by atoms with E-state index < -0.39 is 23.5 Å². The first kappa shape index (κ1) is 18.3. The van der Waals surface area contributed by atoms with Crippen LogP contribution >= 0.6 is 0 Å². The molecule has 0 saturated heterocycles. The van der Waals surface area contributed by atoms with Gasteiger partial charge in [-0.3, -0.25) is 0 Å². The van der Waals surface area contributed by atoms with Gasteiger partial charge in [0.1, 0.15) is 23.7 Å². The third-order valence-electron chi connectivity index (χ3n) is 3.09. The van der Waals surface area contributed by atoms with Gasteiger partial charge in [-0.05, 0) is 42.5 Å². The second-order valence-electron chi connectivity index (χ2n) is 4.80. The molecule has 0 atom stereocenters. The first-order chi connectivity index (χ1) is 11.8. The van der Waals surface area contributed by atoms with Crippen molar-refractivity contribution in [3.05, 3.63) is 65.0 Å². The predicted octanol–water partition coefficient (Wildman–Crippen LogP) is 4.06. The lowest BCUT2D eigenvalue weighted by atomic mass is 10.1. The molecule has 25 heavy (non-hydrogen) atoms. The summed E-state index contributed by atoms with van der Waals surface area (Å²) in [5.41, 5.74) is -0.467. The fourth-order valence-electron chi connectivity index (χ4n) is 1.89. The van der Waals surface area contributed by atoms with E-state index in [-0.39, 0.29) is 17.9 Å². The molecule has 0 heterocycles. The van der Waals surface area contributed by atoms with E-state index in [2.05, 4.69) is 16.6 Å². The van der Waals surface area contributed by atoms with Crippen molar-refractivity contribution in [1.29, 1.82) is 0 Å². The molecule has 2 aromatic rings. The summed E-state index contributed by atoms with van der Waals surface area (Å²) in [7, 11) is 1.15. The van der Waals surface area contributed by atoms with Crippen molar-refractivity contribution < 1.29 is 31.8 Å². The standard InChI is InChI=1S/C18H12F4O3/c1-24-17(23)15-11-14(19)8-9-16(15)25-10-2-3-12-4-6-13(7-5-12)18(20,21)22/h4-9,11H,10H2,1H3. The highest BCUT2D eigenvalue weighted by molar-refractivity contribution is 5.92. The molecule has 0 aliphatic carbocycles. The second-order valence-corrected chi connectivity index (χ2v) is 4.80. The zero-order chi connectivity index (χ0) is 18.4. The van der Waals surface area contributed by atoms with Gasteiger partial charge in [0.05, 0.1) is 12.7 Å². The van der Waals surface area contributed by atoms with E-state index >= 15 is 0 Å². The van der Waals surface area contributed by atoms with Gasteiger partial charge in [0.15, 0.2) is 0 Å². The number of hydrogen-bond acceptors (Lipinski definition) is 3. The van der Waals surface area contributed by atoms with Crippen LogP contribution in [0.25, 0.3) is 0 Å². The molecular formula is C18H12F4O3. The Morgan fingerprint density at radius 1 is 1.12 bits per heavy atom. The van der Waals surface area contributed by atoms with E-state index in [1.165, 1.54) is 18.2 Å². The van der Waals surface area contributed by atoms with Crippen LogP contribution in [0.15, 0.2) is 42.5 Å². The molecule has 2 rings (SSSR count). The number of carbonyl (C=O) groups excluding carboxylic acids is 1. The van der Waals surface area contributed by atoms with E-state index in [0.717, 1.165) is 31.4 Å². The molecule has 0 aliphatic rings. The Hall–Kier alpha value is -3.01. The van der Waals surface area contributed by atoms with Gasteiger partial charge in [-0.25, -0.2) is 9.18 Å². The van der Waals surface area contributed by atoms with Crippen molar-refractivity contribution in [2.45, 2.75) is 6.18 Å². The van der Waals surface area contributed by atoms with Gasteiger partial charge < -0.3 is 9.47 Å². The van der Waals surface area contributed by atoms with Crippen molar-refractivity contribution in [3.63, 3.8) is 0 Å². The Kier molecular flexibility index (Phi) is 5.65. The van der Waals surface area contributed by atoms with Crippen LogP contribution in [0.4, 0.5) is 17.6 Å². The normalized spacial score (nSPS) is 10.6. The number of ether oxygens (including phenoxy) is 2. The molecule has 0 aromatic heterocycles. The van der Waals surface area contributed by atoms with Gasteiger partial charge in [0.2, 0.25) is 0 Å². The van der Waals surface area contributed by atoms with Gasteiger partial charge in [-0.2, -0.15) is 13.2 Å². The zero-order valence-electron chi connectivity index (χ0n) is 13.0. The Bertz CT molecular complexity index is 815. The van der Waals surface area contributed by atoms with E-state index in [1.807, 2.05) is 0 Å². The fraction of sp³-hybridized carbons (Fsp3) is 0.167. The van der Waals surface area contributed by atoms with Crippen LogP contribution in [-0.2, 0) is 10.9 Å². The summed E-state index contributed by atoms with van der Waals surface area (Å²) in [5, 5.41) is 0. The lowest BCUT2D eigenvalue weighted by Gasteiger charge is -2.07. The molecule has 2 aromatic carbocycles. The third kappa shape index (κ3) is 4.98. The summed E-state index contributed by atoms with van der Waals surface area (Å²) in [6.07, 6.45) is -4.40. The van der Waals surface area contributed by atoms with E-state index in [4.69, 9.17) is 4.74 Å². The molecular weight excluding hydrogens is 340 g/mol. The molecule has 0 bridgehead atoms. The zero-order valence-corrected chi connectivity index (χ0v) is 13.0. The molecule has 0 fully saturated rings. The smallest absolute Gasteiger partial charge is 0.416 e. The number of hydrogen-bond donors (Lipinski definition) is 0. The van der Waals surface area contributed by atoms with Crippen LogP contribution in [0.1, 0.15) is 21.5 Å². The number of rotatable bonds is 3. The van der Waals surface area contributed by atoms with Crippen molar-refractivity contribution in [2.24, 2.45) is 0 Å². The molecule has 0 N–H and O–H groups in total. The van der Waals surface area contributed by atoms with Gasteiger partial charge >= 0.3 is 12.1 Å². The molecule has 3 nitrogen and oxygen atoms in total. The van der Waals surface area contributed by atoms with Gasteiger partial charge in [-0.1, -0.05) is 11.8 Å². The van der Waals surface area contributed by atoms with Crippen molar-refractivity contribution >= 4 is 5.97 Å². The fourth-order valence-corrected chi connectivity index (χ4v) is 1.89. The van der Waals surface area contributed by atoms with Crippen LogP contribution in [-0.4, -0.2) is 19.7 Å². The first-order valence-electron chi connectivity index (χ1n) is 6.98. The van der Waals surface area contributed by atoms with Crippen molar-refractivity contribution in [3.8, 4) is 17.6 Å². The Labute approximate surface area is 141 Å². The first-order valence-corrected chi connectivity index (χ1v) is 6.98. The maximum absolute atomic E-state index is 13.2. The van der Waals surface area contributed by atoms with Gasteiger partial charge in [0.25, 0.3) is 0 Å². The van der Waals surface area contributed by atoms with Crippen LogP contribution in [0.5, 0.6) is 5.75 Å². The topological polar surface area (TPSA) is 35.5 Å². The molecule has 0 radical (unpaired) electrons. The highest BCUT2D eigenvalue weighted by Gasteiger charge is 2.29. The minimum atomic E-state index is -4.40. The number of alkyl halides is 3. The third-order valence-corrected chi connectivity index (χ3v) is 3.09. The summed E-state index contributed by atoms with van der Waals surface area (Å²) in [6.45, 7) is -0.142. The van der Waals surface area contributed by atoms with E-state index in [0.29, 0.717) is 5.56 Å². The minimum absolute atomic E-state index is 0.0844. The van der Waals surface area contributed by atoms with Crippen LogP contribution in [0.3, 0.4) is 0 Å². The monoisotopic (exact) mass is 352 g/mol. The number of esters is 1. The number of methoxy groups -OCH3 is 1. The largest absolute Gasteiger partial charge is 0.480 e. The molecule has 0 saturated carbocycles. The molecule has 0 aliphatic heterocycles. The maximum Gasteiger partial charge on any atom is 0.416 e. The summed E-state index contributed by atoms with van der Waals surface area (Å²) >= 11 is 0. The SMILES string of the molecule is COC(=O)c1cc(F)ccc1OCC#Cc1ccc(C(F)(F)F)cc1. The maximum atomic E-state index is 13.2. The Balaban J connectivity index is 2.05. The van der Waals surface area contributed by atoms with E-state index in [1.54, 1.807) is 0 Å². The van der Waals surface area contributed by atoms with Gasteiger partial charge in [0, 0.05) is 5.56 Å². The number of benzene rings is 2. The summed E-state index contributed by atoms with van der Waals surface area (Å²) in [4.78, 5) is 11.6. The average molecular weight is 352 g/mol. The highest BCUT2D eigenvalue weighted by atomic mass is 19.4. The molecule has 0 spiro atoms. The lowest BCUT2D eigenvalue weighted by Crippen LogP contribution is -2.06. The Morgan fingerprint density at radius 3 is 2.40 bits per heavy atom. The number of halogens is 4. The summed E-state index contributed by atoms with van der Waals surface area (Å²) in [6, 6.07) is 7.71. The number of carbonyl (C=O) groups is 1. The summed E-state index contributed by atoms with van der Waals surface area (Å²) in [5.74, 6) is 3.95. The Morgan fingerprint density at radius 2 is 1.80 bits per heavy atom. The predicted molar refractivity (Wildman–Crippen MR) is 81.6 cm³/mol. The van der Waals surface area contributed by atoms with Crippen molar-refractivity contribution in [1.82, 2.24) is 0 Å². The highest BCUT2D eigenvalue weighted by Crippen LogP contribution is 2.29. The average Bonchev–Trinajstić information content (AvgIpc) is 2.58. The summed E-state index contributed by atoms with van der Waals surface area (Å²) < 4.78 is 60.4. The molecule has 130 valence electrons. The molecule has 0 unspecified atom stereocenters. The molecule has 0 amide bonds. The van der Waals surface area contributed by atoms with Crippen LogP contribution in [0.2, 0.25) is 0 Å². The second kappa shape index (κ2) is 7.71. The minimum Gasteiger partial charge on any atom is -0.480 e.